The molecule has 0 radical (unpaired) electrons. The summed E-state index contributed by atoms with van der Waals surface area (Å²) in [6.45, 7) is 2.22. The van der Waals surface area contributed by atoms with Gasteiger partial charge >= 0.3 is 0 Å². The molecule has 1 aliphatic carbocycles. The highest BCUT2D eigenvalue weighted by molar-refractivity contribution is 7.09. The van der Waals surface area contributed by atoms with Gasteiger partial charge in [0, 0.05) is 18.0 Å². The zero-order valence-electron chi connectivity index (χ0n) is 9.28. The highest BCUT2D eigenvalue weighted by atomic mass is 32.1. The van der Waals surface area contributed by atoms with Crippen molar-refractivity contribution in [3.63, 3.8) is 0 Å². The Morgan fingerprint density at radius 1 is 1.67 bits per heavy atom. The van der Waals surface area contributed by atoms with Crippen LogP contribution in [-0.2, 0) is 6.42 Å². The molecule has 1 N–H and O–H groups in total. The fourth-order valence-electron chi connectivity index (χ4n) is 2.59. The van der Waals surface area contributed by atoms with Gasteiger partial charge in [-0.25, -0.2) is 4.98 Å². The molecule has 1 fully saturated rings. The summed E-state index contributed by atoms with van der Waals surface area (Å²) in [5.41, 5.74) is -0.475. The van der Waals surface area contributed by atoms with E-state index in [1.54, 1.807) is 11.3 Å². The molecule has 1 saturated carbocycles. The van der Waals surface area contributed by atoms with Gasteiger partial charge in [0.05, 0.1) is 10.6 Å². The third-order valence-electron chi connectivity index (χ3n) is 3.46. The summed E-state index contributed by atoms with van der Waals surface area (Å²) in [5, 5.41) is 13.6. The zero-order valence-corrected chi connectivity index (χ0v) is 10.1. The minimum atomic E-state index is -0.475. The smallest absolute Gasteiger partial charge is 0.0953 e. The third kappa shape index (κ3) is 2.79. The highest BCUT2D eigenvalue weighted by Crippen LogP contribution is 2.36. The molecule has 15 heavy (non-hydrogen) atoms. The van der Waals surface area contributed by atoms with Crippen LogP contribution in [0.3, 0.4) is 0 Å². The van der Waals surface area contributed by atoms with Crippen LogP contribution < -0.4 is 0 Å². The number of hydrogen-bond donors (Lipinski definition) is 1. The lowest BCUT2D eigenvalue weighted by molar-refractivity contribution is -0.0162. The maximum Gasteiger partial charge on any atom is 0.0953 e. The molecule has 1 aromatic heterocycles. The Morgan fingerprint density at radius 2 is 2.53 bits per heavy atom. The molecule has 0 saturated heterocycles. The maximum absolute atomic E-state index is 10.5. The van der Waals surface area contributed by atoms with E-state index in [9.17, 15) is 5.11 Å². The molecule has 2 unspecified atom stereocenters. The Labute approximate surface area is 95.4 Å². The van der Waals surface area contributed by atoms with E-state index in [1.165, 1.54) is 19.3 Å². The second-order valence-electron chi connectivity index (χ2n) is 4.70. The molecule has 1 aliphatic rings. The Hall–Kier alpha value is -0.410. The third-order valence-corrected chi connectivity index (χ3v) is 4.24. The van der Waals surface area contributed by atoms with Gasteiger partial charge in [0.15, 0.2) is 0 Å². The van der Waals surface area contributed by atoms with Gasteiger partial charge in [-0.05, 0) is 18.8 Å². The number of rotatable bonds is 3. The van der Waals surface area contributed by atoms with Crippen LogP contribution in [0.25, 0.3) is 0 Å². The molecule has 3 heteroatoms. The summed E-state index contributed by atoms with van der Waals surface area (Å²) in [4.78, 5) is 4.26. The molecule has 0 aromatic carbocycles. The average molecular weight is 225 g/mol. The zero-order chi connectivity index (χ0) is 10.7. The van der Waals surface area contributed by atoms with Crippen molar-refractivity contribution in [3.05, 3.63) is 16.6 Å². The number of aliphatic hydroxyl groups is 1. The van der Waals surface area contributed by atoms with E-state index in [-0.39, 0.29) is 0 Å². The van der Waals surface area contributed by atoms with Crippen LogP contribution in [0.15, 0.2) is 11.6 Å². The topological polar surface area (TPSA) is 33.1 Å². The lowest BCUT2D eigenvalue weighted by atomic mass is 9.75. The first-order valence-corrected chi connectivity index (χ1v) is 6.70. The molecule has 0 bridgehead atoms. The molecule has 1 heterocycles. The van der Waals surface area contributed by atoms with Crippen LogP contribution in [0.1, 0.15) is 44.0 Å². The summed E-state index contributed by atoms with van der Waals surface area (Å²) < 4.78 is 0. The molecule has 1 aromatic rings. The molecule has 2 nitrogen and oxygen atoms in total. The molecule has 2 atom stereocenters. The average Bonchev–Trinajstić information content (AvgIpc) is 2.69. The predicted molar refractivity (Wildman–Crippen MR) is 63.0 cm³/mol. The van der Waals surface area contributed by atoms with Crippen LogP contribution in [-0.4, -0.2) is 15.7 Å². The Morgan fingerprint density at radius 3 is 3.20 bits per heavy atom. The Kier molecular flexibility index (Phi) is 3.42. The van der Waals surface area contributed by atoms with Crippen molar-refractivity contribution < 1.29 is 5.11 Å². The van der Waals surface area contributed by atoms with Crippen LogP contribution >= 0.6 is 11.3 Å². The number of nitrogens with zero attached hydrogens (tertiary/aromatic N) is 1. The van der Waals surface area contributed by atoms with Gasteiger partial charge in [0.25, 0.3) is 0 Å². The van der Waals surface area contributed by atoms with E-state index >= 15 is 0 Å². The second-order valence-corrected chi connectivity index (χ2v) is 5.68. The fourth-order valence-corrected chi connectivity index (χ4v) is 3.34. The van der Waals surface area contributed by atoms with E-state index in [4.69, 9.17) is 0 Å². The minimum Gasteiger partial charge on any atom is -0.389 e. The van der Waals surface area contributed by atoms with Gasteiger partial charge in [0.2, 0.25) is 0 Å². The number of thiazole rings is 1. The van der Waals surface area contributed by atoms with Crippen molar-refractivity contribution in [2.75, 3.05) is 0 Å². The first-order valence-electron chi connectivity index (χ1n) is 5.82. The molecular weight excluding hydrogens is 206 g/mol. The van der Waals surface area contributed by atoms with Gasteiger partial charge in [-0.15, -0.1) is 11.3 Å². The van der Waals surface area contributed by atoms with Gasteiger partial charge in [0.1, 0.15) is 0 Å². The highest BCUT2D eigenvalue weighted by Gasteiger charge is 2.34. The Bertz CT molecular complexity index is 299. The van der Waals surface area contributed by atoms with Crippen molar-refractivity contribution in [3.8, 4) is 0 Å². The van der Waals surface area contributed by atoms with Crippen molar-refractivity contribution in [1.29, 1.82) is 0 Å². The summed E-state index contributed by atoms with van der Waals surface area (Å²) in [6, 6.07) is 0. The van der Waals surface area contributed by atoms with Gasteiger partial charge in [-0.2, -0.15) is 0 Å². The minimum absolute atomic E-state index is 0.475. The van der Waals surface area contributed by atoms with Gasteiger partial charge < -0.3 is 5.11 Å². The quantitative estimate of drug-likeness (QED) is 0.857. The monoisotopic (exact) mass is 225 g/mol. The van der Waals surface area contributed by atoms with E-state index in [0.29, 0.717) is 5.92 Å². The fraction of sp³-hybridized carbons (Fsp3) is 0.750. The van der Waals surface area contributed by atoms with Crippen molar-refractivity contribution >= 4 is 11.3 Å². The number of hydrogen-bond acceptors (Lipinski definition) is 3. The Balaban J connectivity index is 1.99. The second kappa shape index (κ2) is 4.62. The largest absolute Gasteiger partial charge is 0.389 e. The molecular formula is C12H19NOS. The standard InChI is InChI=1S/C12H19NOS/c1-2-10-4-3-5-12(14,8-10)9-11-13-6-7-15-11/h6-7,10,14H,2-5,8-9H2,1H3. The van der Waals surface area contributed by atoms with E-state index in [2.05, 4.69) is 11.9 Å². The molecule has 0 aliphatic heterocycles. The van der Waals surface area contributed by atoms with Crippen LogP contribution in [0, 0.1) is 5.92 Å². The van der Waals surface area contributed by atoms with E-state index in [1.807, 2.05) is 11.6 Å². The lowest BCUT2D eigenvalue weighted by Gasteiger charge is -2.36. The summed E-state index contributed by atoms with van der Waals surface area (Å²) >= 11 is 1.65. The van der Waals surface area contributed by atoms with E-state index < -0.39 is 5.60 Å². The maximum atomic E-state index is 10.5. The van der Waals surface area contributed by atoms with Gasteiger partial charge in [-0.3, -0.25) is 0 Å². The summed E-state index contributed by atoms with van der Waals surface area (Å²) in [6.07, 6.45) is 8.13. The molecule has 2 rings (SSSR count). The van der Waals surface area contributed by atoms with Crippen LogP contribution in [0.2, 0.25) is 0 Å². The summed E-state index contributed by atoms with van der Waals surface area (Å²) in [5.74, 6) is 0.712. The lowest BCUT2D eigenvalue weighted by Crippen LogP contribution is -2.37. The molecule has 84 valence electrons. The molecule has 0 spiro atoms. The number of aromatic nitrogens is 1. The first kappa shape index (κ1) is 11.1. The van der Waals surface area contributed by atoms with E-state index in [0.717, 1.165) is 24.3 Å². The van der Waals surface area contributed by atoms with Crippen molar-refractivity contribution in [1.82, 2.24) is 4.98 Å². The molecule has 0 amide bonds. The predicted octanol–water partition coefficient (Wildman–Crippen LogP) is 3.02. The van der Waals surface area contributed by atoms with Gasteiger partial charge in [-0.1, -0.05) is 26.2 Å². The van der Waals surface area contributed by atoms with Crippen LogP contribution in [0.4, 0.5) is 0 Å². The SMILES string of the molecule is CCC1CCCC(O)(Cc2nccs2)C1. The van der Waals surface area contributed by atoms with Crippen molar-refractivity contribution in [2.45, 2.75) is 51.0 Å². The van der Waals surface area contributed by atoms with Crippen molar-refractivity contribution in [2.24, 2.45) is 5.92 Å². The summed E-state index contributed by atoms with van der Waals surface area (Å²) in [7, 11) is 0. The normalized spacial score (nSPS) is 31.7. The van der Waals surface area contributed by atoms with Crippen LogP contribution in [0.5, 0.6) is 0 Å². The first-order chi connectivity index (χ1) is 7.22.